The first-order valence-corrected chi connectivity index (χ1v) is 7.73. The minimum Gasteiger partial charge on any atom is -0.378 e. The van der Waals surface area contributed by atoms with Crippen LogP contribution in [0.1, 0.15) is 25.7 Å². The predicted octanol–water partition coefficient (Wildman–Crippen LogP) is 2.74. The second-order valence-electron chi connectivity index (χ2n) is 5.92. The van der Waals surface area contributed by atoms with Gasteiger partial charge in [0.15, 0.2) is 0 Å². The summed E-state index contributed by atoms with van der Waals surface area (Å²) in [5, 5.41) is 8.94. The molecule has 4 nitrogen and oxygen atoms in total. The minimum absolute atomic E-state index is 0.0947. The molecule has 2 saturated heterocycles. The molecule has 0 N–H and O–H groups in total. The van der Waals surface area contributed by atoms with Gasteiger partial charge in [-0.05, 0) is 25.0 Å². The van der Waals surface area contributed by atoms with Crippen molar-refractivity contribution in [1.29, 1.82) is 5.26 Å². The molecule has 1 spiro atoms. The molecule has 21 heavy (non-hydrogen) atoms. The molecule has 1 aromatic carbocycles. The fourth-order valence-electron chi connectivity index (χ4n) is 3.44. The molecule has 0 bridgehead atoms. The van der Waals surface area contributed by atoms with E-state index in [9.17, 15) is 0 Å². The third kappa shape index (κ3) is 3.20. The summed E-state index contributed by atoms with van der Waals surface area (Å²) in [6.45, 7) is 3.08. The van der Waals surface area contributed by atoms with E-state index in [1.807, 2.05) is 6.07 Å². The quantitative estimate of drug-likeness (QED) is 0.854. The second kappa shape index (κ2) is 6.46. The zero-order valence-corrected chi connectivity index (χ0v) is 12.3. The van der Waals surface area contributed by atoms with Crippen LogP contribution in [0.2, 0.25) is 0 Å². The number of anilines is 1. The van der Waals surface area contributed by atoms with E-state index in [1.54, 1.807) is 0 Å². The second-order valence-corrected chi connectivity index (χ2v) is 5.92. The molecule has 2 atom stereocenters. The van der Waals surface area contributed by atoms with Gasteiger partial charge in [0.25, 0.3) is 0 Å². The Morgan fingerprint density at radius 1 is 1.29 bits per heavy atom. The summed E-state index contributed by atoms with van der Waals surface area (Å²) in [5.41, 5.74) is 1.11. The van der Waals surface area contributed by atoms with Crippen LogP contribution in [0.3, 0.4) is 0 Å². The van der Waals surface area contributed by atoms with Crippen molar-refractivity contribution in [3.8, 4) is 6.07 Å². The number of nitrogens with zero attached hydrogens (tertiary/aromatic N) is 2. The highest BCUT2D eigenvalue weighted by Gasteiger charge is 2.42. The van der Waals surface area contributed by atoms with Crippen molar-refractivity contribution in [1.82, 2.24) is 0 Å². The first-order chi connectivity index (χ1) is 10.3. The van der Waals surface area contributed by atoms with Gasteiger partial charge >= 0.3 is 0 Å². The van der Waals surface area contributed by atoms with E-state index in [-0.39, 0.29) is 5.60 Å². The zero-order valence-electron chi connectivity index (χ0n) is 12.3. The molecule has 2 heterocycles. The molecule has 0 radical (unpaired) electrons. The lowest BCUT2D eigenvalue weighted by Crippen LogP contribution is -2.49. The highest BCUT2D eigenvalue weighted by Crippen LogP contribution is 2.36. The predicted molar refractivity (Wildman–Crippen MR) is 81.2 cm³/mol. The van der Waals surface area contributed by atoms with Crippen molar-refractivity contribution in [3.05, 3.63) is 30.3 Å². The number of nitriles is 1. The summed E-state index contributed by atoms with van der Waals surface area (Å²) in [4.78, 5) is 2.38. The third-order valence-corrected chi connectivity index (χ3v) is 4.53. The van der Waals surface area contributed by atoms with Gasteiger partial charge in [0, 0.05) is 37.9 Å². The lowest BCUT2D eigenvalue weighted by atomic mass is 9.88. The van der Waals surface area contributed by atoms with Gasteiger partial charge in [-0.1, -0.05) is 18.2 Å². The summed E-state index contributed by atoms with van der Waals surface area (Å²) in [6, 6.07) is 13.1. The summed E-state index contributed by atoms with van der Waals surface area (Å²) < 4.78 is 11.6. The standard InChI is InChI=1S/C17H22N2O2/c18-9-4-10-19(15-5-2-1-3-6-15)16-7-11-21-17(13-16)8-12-20-14-17/h1-3,5-6,16H,4,7-8,10-14H2. The fourth-order valence-corrected chi connectivity index (χ4v) is 3.44. The molecule has 2 aliphatic rings. The molecule has 2 unspecified atom stereocenters. The molecule has 2 aliphatic heterocycles. The number of benzene rings is 1. The summed E-state index contributed by atoms with van der Waals surface area (Å²) >= 11 is 0. The molecular formula is C17H22N2O2. The molecule has 2 fully saturated rings. The van der Waals surface area contributed by atoms with Crippen LogP contribution in [0.4, 0.5) is 5.69 Å². The highest BCUT2D eigenvalue weighted by molar-refractivity contribution is 5.47. The van der Waals surface area contributed by atoms with Crippen LogP contribution in [0.5, 0.6) is 0 Å². The fraction of sp³-hybridized carbons (Fsp3) is 0.588. The normalized spacial score (nSPS) is 28.4. The lowest BCUT2D eigenvalue weighted by molar-refractivity contribution is -0.0859. The number of rotatable bonds is 4. The Labute approximate surface area is 126 Å². The van der Waals surface area contributed by atoms with Crippen LogP contribution in [0.15, 0.2) is 30.3 Å². The van der Waals surface area contributed by atoms with Crippen molar-refractivity contribution in [2.24, 2.45) is 0 Å². The minimum atomic E-state index is -0.0947. The van der Waals surface area contributed by atoms with Gasteiger partial charge in [0.2, 0.25) is 0 Å². The van der Waals surface area contributed by atoms with Gasteiger partial charge in [0.05, 0.1) is 24.7 Å². The maximum Gasteiger partial charge on any atom is 0.0956 e. The molecule has 0 aromatic heterocycles. The molecule has 0 amide bonds. The van der Waals surface area contributed by atoms with Crippen LogP contribution in [0, 0.1) is 11.3 Å². The molecular weight excluding hydrogens is 264 g/mol. The maximum absolute atomic E-state index is 8.94. The molecule has 4 heteroatoms. The molecule has 3 rings (SSSR count). The van der Waals surface area contributed by atoms with Crippen LogP contribution >= 0.6 is 0 Å². The Morgan fingerprint density at radius 3 is 2.86 bits per heavy atom. The van der Waals surface area contributed by atoms with Gasteiger partial charge in [-0.3, -0.25) is 0 Å². The van der Waals surface area contributed by atoms with E-state index in [2.05, 4.69) is 35.2 Å². The highest BCUT2D eigenvalue weighted by atomic mass is 16.6. The number of ether oxygens (including phenoxy) is 2. The van der Waals surface area contributed by atoms with Crippen LogP contribution < -0.4 is 4.90 Å². The van der Waals surface area contributed by atoms with Gasteiger partial charge in [-0.2, -0.15) is 5.26 Å². The molecule has 1 aromatic rings. The van der Waals surface area contributed by atoms with E-state index in [0.717, 1.165) is 39.0 Å². The largest absolute Gasteiger partial charge is 0.378 e. The van der Waals surface area contributed by atoms with Crippen molar-refractivity contribution in [2.75, 3.05) is 31.3 Å². The van der Waals surface area contributed by atoms with E-state index in [4.69, 9.17) is 14.7 Å². The number of para-hydroxylation sites is 1. The summed E-state index contributed by atoms with van der Waals surface area (Å²) in [6.07, 6.45) is 3.55. The van der Waals surface area contributed by atoms with Gasteiger partial charge in [0.1, 0.15) is 0 Å². The van der Waals surface area contributed by atoms with Crippen molar-refractivity contribution < 1.29 is 9.47 Å². The summed E-state index contributed by atoms with van der Waals surface area (Å²) in [5.74, 6) is 0. The SMILES string of the molecule is N#CCCN(c1ccccc1)C1CCOC2(CCOC2)C1. The van der Waals surface area contributed by atoms with Gasteiger partial charge in [-0.15, -0.1) is 0 Å². The Balaban J connectivity index is 1.77. The van der Waals surface area contributed by atoms with Crippen molar-refractivity contribution in [3.63, 3.8) is 0 Å². The van der Waals surface area contributed by atoms with Gasteiger partial charge in [-0.25, -0.2) is 0 Å². The molecule has 112 valence electrons. The van der Waals surface area contributed by atoms with Crippen LogP contribution in [-0.4, -0.2) is 38.0 Å². The van der Waals surface area contributed by atoms with Crippen molar-refractivity contribution >= 4 is 5.69 Å². The Kier molecular flexibility index (Phi) is 4.42. The third-order valence-electron chi connectivity index (χ3n) is 4.53. The van der Waals surface area contributed by atoms with Gasteiger partial charge < -0.3 is 14.4 Å². The molecule has 0 saturated carbocycles. The Bertz CT molecular complexity index is 491. The van der Waals surface area contributed by atoms with E-state index in [1.165, 1.54) is 5.69 Å². The Morgan fingerprint density at radius 2 is 2.14 bits per heavy atom. The van der Waals surface area contributed by atoms with E-state index in [0.29, 0.717) is 19.1 Å². The smallest absolute Gasteiger partial charge is 0.0956 e. The lowest BCUT2D eigenvalue weighted by Gasteiger charge is -2.43. The Hall–Kier alpha value is -1.57. The monoisotopic (exact) mass is 286 g/mol. The van der Waals surface area contributed by atoms with Crippen LogP contribution in [0.25, 0.3) is 0 Å². The van der Waals surface area contributed by atoms with Crippen LogP contribution in [-0.2, 0) is 9.47 Å². The zero-order chi connectivity index (χ0) is 14.5. The first kappa shape index (κ1) is 14.4. The number of hydrogen-bond acceptors (Lipinski definition) is 4. The average molecular weight is 286 g/mol. The average Bonchev–Trinajstić information content (AvgIpc) is 2.97. The van der Waals surface area contributed by atoms with E-state index < -0.39 is 0 Å². The molecule has 0 aliphatic carbocycles. The maximum atomic E-state index is 8.94. The van der Waals surface area contributed by atoms with Crippen molar-refractivity contribution in [2.45, 2.75) is 37.3 Å². The first-order valence-electron chi connectivity index (χ1n) is 7.73. The van der Waals surface area contributed by atoms with E-state index >= 15 is 0 Å². The summed E-state index contributed by atoms with van der Waals surface area (Å²) in [7, 11) is 0. The topological polar surface area (TPSA) is 45.5 Å². The number of hydrogen-bond donors (Lipinski definition) is 0.